The molecule has 4 nitrogen and oxygen atoms in total. The van der Waals surface area contributed by atoms with Crippen molar-refractivity contribution < 1.29 is 0 Å². The van der Waals surface area contributed by atoms with Crippen LogP contribution in [0.3, 0.4) is 0 Å². The Kier molecular flexibility index (Phi) is 4.44. The first-order valence-electron chi connectivity index (χ1n) is 8.31. The van der Waals surface area contributed by atoms with Crippen molar-refractivity contribution in [2.24, 2.45) is 5.92 Å². The second-order valence-electron chi connectivity index (χ2n) is 6.33. The van der Waals surface area contributed by atoms with E-state index in [1.165, 1.54) is 18.4 Å². The fraction of sp³-hybridized carbons (Fsp3) is 0.556. The van der Waals surface area contributed by atoms with Crippen LogP contribution in [0.25, 0.3) is 11.0 Å². The zero-order valence-corrected chi connectivity index (χ0v) is 13.5. The van der Waals surface area contributed by atoms with E-state index in [1.807, 2.05) is 6.92 Å². The van der Waals surface area contributed by atoms with Gasteiger partial charge in [-0.25, -0.2) is 4.98 Å². The van der Waals surface area contributed by atoms with Gasteiger partial charge in [0, 0.05) is 6.54 Å². The van der Waals surface area contributed by atoms with Crippen LogP contribution in [-0.2, 0) is 19.5 Å². The summed E-state index contributed by atoms with van der Waals surface area (Å²) in [6, 6.07) is 8.88. The van der Waals surface area contributed by atoms with Crippen LogP contribution in [0, 0.1) is 17.2 Å². The number of imidazole rings is 1. The molecule has 2 heterocycles. The summed E-state index contributed by atoms with van der Waals surface area (Å²) in [5, 5.41) is 9.17. The molecule has 0 saturated carbocycles. The number of aryl methyl sites for hydroxylation is 1. The fourth-order valence-electron chi connectivity index (χ4n) is 3.23. The van der Waals surface area contributed by atoms with Crippen LogP contribution in [-0.4, -0.2) is 27.5 Å². The number of nitrogens with zero attached hydrogens (tertiary/aromatic N) is 4. The molecule has 1 saturated heterocycles. The highest BCUT2D eigenvalue weighted by molar-refractivity contribution is 5.77. The first-order valence-corrected chi connectivity index (χ1v) is 8.31. The molecule has 22 heavy (non-hydrogen) atoms. The van der Waals surface area contributed by atoms with Gasteiger partial charge in [-0.2, -0.15) is 5.26 Å². The zero-order valence-electron chi connectivity index (χ0n) is 13.5. The topological polar surface area (TPSA) is 44.9 Å². The number of aromatic nitrogens is 2. The lowest BCUT2D eigenvalue weighted by molar-refractivity contribution is 0.315. The molecule has 0 amide bonds. The van der Waals surface area contributed by atoms with E-state index in [4.69, 9.17) is 10.2 Å². The molecular formula is C18H24N4. The van der Waals surface area contributed by atoms with Crippen LogP contribution in [0.15, 0.2) is 18.2 Å². The number of benzene rings is 1. The van der Waals surface area contributed by atoms with Gasteiger partial charge < -0.3 is 4.57 Å². The van der Waals surface area contributed by atoms with E-state index in [0.717, 1.165) is 49.5 Å². The molecule has 1 unspecified atom stereocenters. The van der Waals surface area contributed by atoms with Crippen LogP contribution in [0.2, 0.25) is 0 Å². The molecule has 1 aromatic heterocycles. The van der Waals surface area contributed by atoms with Crippen LogP contribution >= 0.6 is 0 Å². The standard InChI is InChI=1S/C18H24N4/c1-3-15-6-7-17-16(10-15)20-18(13-21-8-4-5-9-21)22(17)12-14(2)11-19/h6-7,10,14H,3-5,8-9,12-13H2,1-2H3. The van der Waals surface area contributed by atoms with Crippen molar-refractivity contribution in [1.82, 2.24) is 14.5 Å². The molecule has 1 aliphatic heterocycles. The third-order valence-corrected chi connectivity index (χ3v) is 4.54. The van der Waals surface area contributed by atoms with E-state index in [9.17, 15) is 0 Å². The lowest BCUT2D eigenvalue weighted by atomic mass is 10.1. The van der Waals surface area contributed by atoms with E-state index in [1.54, 1.807) is 0 Å². The molecule has 0 bridgehead atoms. The number of likely N-dealkylation sites (tertiary alicyclic amines) is 1. The number of fused-ring (bicyclic) bond motifs is 1. The summed E-state index contributed by atoms with van der Waals surface area (Å²) in [6.45, 7) is 8.09. The second kappa shape index (κ2) is 6.50. The Bertz CT molecular complexity index is 689. The second-order valence-corrected chi connectivity index (χ2v) is 6.33. The van der Waals surface area contributed by atoms with Gasteiger partial charge in [0.1, 0.15) is 5.82 Å². The summed E-state index contributed by atoms with van der Waals surface area (Å²) in [5.74, 6) is 1.10. The van der Waals surface area contributed by atoms with E-state index in [-0.39, 0.29) is 5.92 Å². The van der Waals surface area contributed by atoms with Gasteiger partial charge in [0.2, 0.25) is 0 Å². The minimum absolute atomic E-state index is 0.000537. The van der Waals surface area contributed by atoms with Gasteiger partial charge in [-0.05, 0) is 57.0 Å². The minimum Gasteiger partial charge on any atom is -0.326 e. The van der Waals surface area contributed by atoms with E-state index >= 15 is 0 Å². The summed E-state index contributed by atoms with van der Waals surface area (Å²) in [7, 11) is 0. The van der Waals surface area contributed by atoms with Crippen molar-refractivity contribution in [2.75, 3.05) is 13.1 Å². The summed E-state index contributed by atoms with van der Waals surface area (Å²) < 4.78 is 2.25. The first-order chi connectivity index (χ1) is 10.7. The Morgan fingerprint density at radius 1 is 1.32 bits per heavy atom. The molecule has 0 radical (unpaired) electrons. The smallest absolute Gasteiger partial charge is 0.124 e. The third-order valence-electron chi connectivity index (χ3n) is 4.54. The maximum Gasteiger partial charge on any atom is 0.124 e. The molecule has 0 spiro atoms. The average Bonchev–Trinajstić information content (AvgIpc) is 3.15. The van der Waals surface area contributed by atoms with Gasteiger partial charge in [0.15, 0.2) is 0 Å². The maximum absolute atomic E-state index is 9.17. The van der Waals surface area contributed by atoms with Crippen LogP contribution < -0.4 is 0 Å². The largest absolute Gasteiger partial charge is 0.326 e. The molecule has 2 aromatic rings. The Balaban J connectivity index is 1.99. The van der Waals surface area contributed by atoms with Crippen molar-refractivity contribution in [1.29, 1.82) is 5.26 Å². The van der Waals surface area contributed by atoms with E-state index < -0.39 is 0 Å². The lowest BCUT2D eigenvalue weighted by Crippen LogP contribution is -2.22. The van der Waals surface area contributed by atoms with Crippen molar-refractivity contribution in [3.05, 3.63) is 29.6 Å². The van der Waals surface area contributed by atoms with Crippen LogP contribution in [0.5, 0.6) is 0 Å². The highest BCUT2D eigenvalue weighted by atomic mass is 15.2. The zero-order chi connectivity index (χ0) is 15.5. The molecule has 1 aromatic carbocycles. The first kappa shape index (κ1) is 15.1. The van der Waals surface area contributed by atoms with Gasteiger partial charge in [-0.3, -0.25) is 4.90 Å². The molecule has 1 atom stereocenters. The number of rotatable bonds is 5. The van der Waals surface area contributed by atoms with Crippen LogP contribution in [0.1, 0.15) is 38.1 Å². The molecule has 3 rings (SSSR count). The maximum atomic E-state index is 9.17. The SMILES string of the molecule is CCc1ccc2c(c1)nc(CN1CCCC1)n2CC(C)C#N. The highest BCUT2D eigenvalue weighted by Crippen LogP contribution is 2.22. The summed E-state index contributed by atoms with van der Waals surface area (Å²) >= 11 is 0. The van der Waals surface area contributed by atoms with Crippen molar-refractivity contribution >= 4 is 11.0 Å². The van der Waals surface area contributed by atoms with E-state index in [2.05, 4.69) is 40.7 Å². The number of hydrogen-bond donors (Lipinski definition) is 0. The van der Waals surface area contributed by atoms with Crippen molar-refractivity contribution in [2.45, 2.75) is 46.2 Å². The molecule has 4 heteroatoms. The average molecular weight is 296 g/mol. The Morgan fingerprint density at radius 3 is 2.77 bits per heavy atom. The monoisotopic (exact) mass is 296 g/mol. The summed E-state index contributed by atoms with van der Waals surface area (Å²) in [4.78, 5) is 7.35. The Hall–Kier alpha value is -1.86. The molecule has 1 aliphatic rings. The predicted octanol–water partition coefficient (Wildman–Crippen LogP) is 3.35. The molecule has 0 N–H and O–H groups in total. The summed E-state index contributed by atoms with van der Waals surface area (Å²) in [6.07, 6.45) is 3.60. The van der Waals surface area contributed by atoms with Crippen molar-refractivity contribution in [3.63, 3.8) is 0 Å². The molecule has 116 valence electrons. The highest BCUT2D eigenvalue weighted by Gasteiger charge is 2.18. The Labute approximate surface area is 132 Å². The van der Waals surface area contributed by atoms with Gasteiger partial charge in [0.25, 0.3) is 0 Å². The van der Waals surface area contributed by atoms with E-state index in [0.29, 0.717) is 0 Å². The summed E-state index contributed by atoms with van der Waals surface area (Å²) in [5.41, 5.74) is 3.55. The van der Waals surface area contributed by atoms with Gasteiger partial charge in [0.05, 0.1) is 29.6 Å². The van der Waals surface area contributed by atoms with Gasteiger partial charge in [-0.1, -0.05) is 13.0 Å². The molecule has 1 fully saturated rings. The lowest BCUT2D eigenvalue weighted by Gasteiger charge is -2.16. The normalized spacial score (nSPS) is 17.0. The predicted molar refractivity (Wildman–Crippen MR) is 88.4 cm³/mol. The van der Waals surface area contributed by atoms with Gasteiger partial charge >= 0.3 is 0 Å². The van der Waals surface area contributed by atoms with Crippen LogP contribution in [0.4, 0.5) is 0 Å². The molecule has 0 aliphatic carbocycles. The number of nitriles is 1. The number of hydrogen-bond acceptors (Lipinski definition) is 3. The molecular weight excluding hydrogens is 272 g/mol. The Morgan fingerprint density at radius 2 is 2.09 bits per heavy atom. The fourth-order valence-corrected chi connectivity index (χ4v) is 3.23. The minimum atomic E-state index is 0.000537. The van der Waals surface area contributed by atoms with Gasteiger partial charge in [-0.15, -0.1) is 0 Å². The van der Waals surface area contributed by atoms with Crippen molar-refractivity contribution in [3.8, 4) is 6.07 Å². The quantitative estimate of drug-likeness (QED) is 0.850. The third kappa shape index (κ3) is 3.00.